The number of aliphatic imine (C=N–C) groups is 1. The highest BCUT2D eigenvalue weighted by Gasteiger charge is 2.15. The lowest BCUT2D eigenvalue weighted by atomic mass is 10.2. The van der Waals surface area contributed by atoms with Gasteiger partial charge in [-0.2, -0.15) is 4.98 Å². The van der Waals surface area contributed by atoms with Gasteiger partial charge < -0.3 is 15.2 Å². The van der Waals surface area contributed by atoms with E-state index in [-0.39, 0.29) is 0 Å². The van der Waals surface area contributed by atoms with Gasteiger partial charge in [0.25, 0.3) is 0 Å². The van der Waals surface area contributed by atoms with Gasteiger partial charge in [0.05, 0.1) is 0 Å². The molecule has 1 aromatic heterocycles. The maximum Gasteiger partial charge on any atom is 0.223 e. The Morgan fingerprint density at radius 1 is 1.44 bits per heavy atom. The van der Waals surface area contributed by atoms with E-state index in [0.717, 1.165) is 12.5 Å². The molecule has 0 saturated heterocycles. The molecule has 2 N–H and O–H groups in total. The summed E-state index contributed by atoms with van der Waals surface area (Å²) in [5, 5.41) is 10.5. The Balaban J connectivity index is 1.90. The predicted molar refractivity (Wildman–Crippen MR) is 69.2 cm³/mol. The fourth-order valence-corrected chi connectivity index (χ4v) is 2.14. The minimum absolute atomic E-state index is 0.444. The molecular weight excluding hydrogens is 230 g/mol. The highest BCUT2D eigenvalue weighted by Crippen LogP contribution is 2.17. The third-order valence-corrected chi connectivity index (χ3v) is 2.99. The van der Waals surface area contributed by atoms with E-state index in [1.54, 1.807) is 6.92 Å². The van der Waals surface area contributed by atoms with Gasteiger partial charge in [-0.3, -0.25) is 0 Å². The van der Waals surface area contributed by atoms with Gasteiger partial charge in [0.1, 0.15) is 6.54 Å². The van der Waals surface area contributed by atoms with Crippen molar-refractivity contribution in [2.24, 2.45) is 4.99 Å². The van der Waals surface area contributed by atoms with Gasteiger partial charge in [0, 0.05) is 19.5 Å². The van der Waals surface area contributed by atoms with Crippen LogP contribution in [-0.2, 0) is 6.54 Å². The molecule has 100 valence electrons. The molecule has 1 aromatic rings. The lowest BCUT2D eigenvalue weighted by molar-refractivity contribution is 0.387. The SMILES string of the molecule is CCNC(=NCc1noc(C)n1)NC1CCCC1. The number of aryl methyl sites for hydroxylation is 1. The summed E-state index contributed by atoms with van der Waals surface area (Å²) >= 11 is 0. The molecule has 0 bridgehead atoms. The quantitative estimate of drug-likeness (QED) is 0.624. The van der Waals surface area contributed by atoms with Crippen molar-refractivity contribution in [2.75, 3.05) is 6.54 Å². The van der Waals surface area contributed by atoms with Crippen molar-refractivity contribution in [2.45, 2.75) is 52.1 Å². The minimum atomic E-state index is 0.444. The molecule has 1 fully saturated rings. The fraction of sp³-hybridized carbons (Fsp3) is 0.750. The molecule has 18 heavy (non-hydrogen) atoms. The molecular formula is C12H21N5O. The average Bonchev–Trinajstić information content (AvgIpc) is 2.98. The summed E-state index contributed by atoms with van der Waals surface area (Å²) in [6.07, 6.45) is 5.07. The van der Waals surface area contributed by atoms with Crippen LogP contribution in [0.5, 0.6) is 0 Å². The topological polar surface area (TPSA) is 75.3 Å². The molecule has 0 aromatic carbocycles. The van der Waals surface area contributed by atoms with Crippen LogP contribution < -0.4 is 10.6 Å². The molecule has 0 atom stereocenters. The van der Waals surface area contributed by atoms with Crippen LogP contribution in [0.25, 0.3) is 0 Å². The van der Waals surface area contributed by atoms with Crippen molar-refractivity contribution in [3.05, 3.63) is 11.7 Å². The van der Waals surface area contributed by atoms with Gasteiger partial charge in [0.2, 0.25) is 5.89 Å². The monoisotopic (exact) mass is 251 g/mol. The number of nitrogens with zero attached hydrogens (tertiary/aromatic N) is 3. The summed E-state index contributed by atoms with van der Waals surface area (Å²) in [4.78, 5) is 8.60. The third kappa shape index (κ3) is 3.72. The first-order valence-corrected chi connectivity index (χ1v) is 6.62. The molecule has 1 heterocycles. The second-order valence-electron chi connectivity index (χ2n) is 4.55. The van der Waals surface area contributed by atoms with Crippen LogP contribution in [0.2, 0.25) is 0 Å². The molecule has 2 rings (SSSR count). The number of hydrogen-bond donors (Lipinski definition) is 2. The van der Waals surface area contributed by atoms with Crippen molar-refractivity contribution < 1.29 is 4.52 Å². The van der Waals surface area contributed by atoms with Crippen molar-refractivity contribution in [1.29, 1.82) is 0 Å². The number of nitrogens with one attached hydrogen (secondary N) is 2. The highest BCUT2D eigenvalue weighted by atomic mass is 16.5. The molecule has 1 aliphatic rings. The van der Waals surface area contributed by atoms with Crippen LogP contribution in [0, 0.1) is 6.92 Å². The summed E-state index contributed by atoms with van der Waals surface area (Å²) < 4.78 is 4.92. The Morgan fingerprint density at radius 3 is 2.83 bits per heavy atom. The molecule has 0 spiro atoms. The van der Waals surface area contributed by atoms with E-state index in [9.17, 15) is 0 Å². The fourth-order valence-electron chi connectivity index (χ4n) is 2.14. The summed E-state index contributed by atoms with van der Waals surface area (Å²) in [5.41, 5.74) is 0. The van der Waals surface area contributed by atoms with Crippen LogP contribution in [-0.4, -0.2) is 28.7 Å². The smallest absolute Gasteiger partial charge is 0.223 e. The van der Waals surface area contributed by atoms with Crippen molar-refractivity contribution >= 4 is 5.96 Å². The van der Waals surface area contributed by atoms with Crippen LogP contribution in [0.15, 0.2) is 9.52 Å². The van der Waals surface area contributed by atoms with Crippen LogP contribution in [0.1, 0.15) is 44.3 Å². The highest BCUT2D eigenvalue weighted by molar-refractivity contribution is 5.80. The molecule has 6 nitrogen and oxygen atoms in total. The second kappa shape index (κ2) is 6.37. The van der Waals surface area contributed by atoms with Crippen molar-refractivity contribution in [3.8, 4) is 0 Å². The van der Waals surface area contributed by atoms with Crippen molar-refractivity contribution in [3.63, 3.8) is 0 Å². The molecule has 0 radical (unpaired) electrons. The summed E-state index contributed by atoms with van der Waals surface area (Å²) in [6, 6.07) is 0.551. The average molecular weight is 251 g/mol. The summed E-state index contributed by atoms with van der Waals surface area (Å²) in [6.45, 7) is 5.13. The second-order valence-corrected chi connectivity index (χ2v) is 4.55. The normalized spacial score (nSPS) is 17.1. The Kier molecular flexibility index (Phi) is 4.55. The van der Waals surface area contributed by atoms with E-state index >= 15 is 0 Å². The summed E-state index contributed by atoms with van der Waals surface area (Å²) in [7, 11) is 0. The van der Waals surface area contributed by atoms with Gasteiger partial charge in [-0.1, -0.05) is 18.0 Å². The van der Waals surface area contributed by atoms with E-state index in [1.165, 1.54) is 25.7 Å². The van der Waals surface area contributed by atoms with Crippen molar-refractivity contribution in [1.82, 2.24) is 20.8 Å². The zero-order valence-electron chi connectivity index (χ0n) is 11.1. The number of guanidine groups is 1. The lowest BCUT2D eigenvalue weighted by Crippen LogP contribution is -2.42. The number of aromatic nitrogens is 2. The number of rotatable bonds is 4. The van der Waals surface area contributed by atoms with Gasteiger partial charge >= 0.3 is 0 Å². The first kappa shape index (κ1) is 12.9. The Hall–Kier alpha value is -1.59. The standard InChI is InChI=1S/C12H21N5O/c1-3-13-12(16-10-6-4-5-7-10)14-8-11-15-9(2)18-17-11/h10H,3-8H2,1-2H3,(H2,13,14,16). The Morgan fingerprint density at radius 2 is 2.22 bits per heavy atom. The molecule has 0 amide bonds. The van der Waals surface area contributed by atoms with Crippen LogP contribution in [0.3, 0.4) is 0 Å². The van der Waals surface area contributed by atoms with E-state index in [0.29, 0.717) is 24.3 Å². The zero-order chi connectivity index (χ0) is 12.8. The molecule has 6 heteroatoms. The Bertz CT molecular complexity index is 395. The zero-order valence-corrected chi connectivity index (χ0v) is 11.1. The lowest BCUT2D eigenvalue weighted by Gasteiger charge is -2.16. The van der Waals surface area contributed by atoms with Gasteiger partial charge in [-0.05, 0) is 19.8 Å². The molecule has 1 saturated carbocycles. The van der Waals surface area contributed by atoms with Gasteiger partial charge in [0.15, 0.2) is 11.8 Å². The summed E-state index contributed by atoms with van der Waals surface area (Å²) in [5.74, 6) is 2.04. The van der Waals surface area contributed by atoms with Crippen LogP contribution >= 0.6 is 0 Å². The van der Waals surface area contributed by atoms with E-state index in [4.69, 9.17) is 4.52 Å². The predicted octanol–water partition coefficient (Wildman–Crippen LogP) is 1.38. The largest absolute Gasteiger partial charge is 0.357 e. The molecule has 0 aliphatic heterocycles. The minimum Gasteiger partial charge on any atom is -0.357 e. The maximum absolute atomic E-state index is 4.92. The maximum atomic E-state index is 4.92. The van der Waals surface area contributed by atoms with E-state index in [1.807, 2.05) is 0 Å². The van der Waals surface area contributed by atoms with Gasteiger partial charge in [-0.15, -0.1) is 0 Å². The molecule has 1 aliphatic carbocycles. The first-order valence-electron chi connectivity index (χ1n) is 6.62. The third-order valence-electron chi connectivity index (χ3n) is 2.99. The van der Waals surface area contributed by atoms with E-state index < -0.39 is 0 Å². The van der Waals surface area contributed by atoms with Gasteiger partial charge in [-0.25, -0.2) is 4.99 Å². The molecule has 0 unspecified atom stereocenters. The van der Waals surface area contributed by atoms with E-state index in [2.05, 4.69) is 32.7 Å². The number of hydrogen-bond acceptors (Lipinski definition) is 4. The first-order chi connectivity index (χ1) is 8.78. The Labute approximate surface area is 107 Å². The van der Waals surface area contributed by atoms with Crippen LogP contribution in [0.4, 0.5) is 0 Å².